The van der Waals surface area contributed by atoms with E-state index in [1.165, 1.54) is 12.1 Å². The molecule has 19 heavy (non-hydrogen) atoms. The Bertz CT molecular complexity index is 420. The van der Waals surface area contributed by atoms with Gasteiger partial charge in [0.25, 0.3) is 0 Å². The third-order valence-corrected chi connectivity index (χ3v) is 3.64. The van der Waals surface area contributed by atoms with Crippen molar-refractivity contribution in [2.45, 2.75) is 78.3 Å². The standard InChI is InChI=1S/C15H27N3O/c1-11-6-7-14(19-11)10-18-12(2)16-8-13(18)9-17-15(3,4)5/h8,11,14,17H,6-7,9-10H2,1-5H3. The maximum absolute atomic E-state index is 5.92. The predicted molar refractivity (Wildman–Crippen MR) is 77.1 cm³/mol. The Morgan fingerprint density at radius 2 is 2.16 bits per heavy atom. The number of aryl methyl sites for hydroxylation is 1. The van der Waals surface area contributed by atoms with Gasteiger partial charge in [-0.15, -0.1) is 0 Å². The van der Waals surface area contributed by atoms with Crippen LogP contribution in [-0.4, -0.2) is 27.3 Å². The van der Waals surface area contributed by atoms with E-state index in [2.05, 4.69) is 49.5 Å². The van der Waals surface area contributed by atoms with Gasteiger partial charge in [-0.3, -0.25) is 0 Å². The molecule has 1 aromatic heterocycles. The van der Waals surface area contributed by atoms with Crippen molar-refractivity contribution in [3.05, 3.63) is 17.7 Å². The molecule has 2 heterocycles. The number of imidazole rings is 1. The van der Waals surface area contributed by atoms with Crippen molar-refractivity contribution in [1.29, 1.82) is 0 Å². The van der Waals surface area contributed by atoms with Crippen molar-refractivity contribution in [3.63, 3.8) is 0 Å². The molecule has 1 N–H and O–H groups in total. The van der Waals surface area contributed by atoms with Gasteiger partial charge in [-0.25, -0.2) is 4.98 Å². The van der Waals surface area contributed by atoms with Crippen molar-refractivity contribution >= 4 is 0 Å². The lowest BCUT2D eigenvalue weighted by molar-refractivity contribution is 0.0449. The zero-order valence-corrected chi connectivity index (χ0v) is 12.9. The highest BCUT2D eigenvalue weighted by atomic mass is 16.5. The van der Waals surface area contributed by atoms with Crippen molar-refractivity contribution in [2.24, 2.45) is 0 Å². The van der Waals surface area contributed by atoms with Crippen LogP contribution in [0.15, 0.2) is 6.20 Å². The molecular formula is C15H27N3O. The van der Waals surface area contributed by atoms with E-state index in [-0.39, 0.29) is 5.54 Å². The van der Waals surface area contributed by atoms with Crippen LogP contribution in [0.25, 0.3) is 0 Å². The van der Waals surface area contributed by atoms with Crippen LogP contribution in [0.5, 0.6) is 0 Å². The number of hydrogen-bond acceptors (Lipinski definition) is 3. The second-order valence-corrected chi connectivity index (χ2v) is 6.66. The number of nitrogens with one attached hydrogen (secondary N) is 1. The molecule has 1 aromatic rings. The van der Waals surface area contributed by atoms with Gasteiger partial charge >= 0.3 is 0 Å². The third-order valence-electron chi connectivity index (χ3n) is 3.64. The van der Waals surface area contributed by atoms with Crippen molar-refractivity contribution < 1.29 is 4.74 Å². The summed E-state index contributed by atoms with van der Waals surface area (Å²) in [6.45, 7) is 12.6. The molecule has 4 heteroatoms. The first-order valence-corrected chi connectivity index (χ1v) is 7.26. The largest absolute Gasteiger partial charge is 0.373 e. The van der Waals surface area contributed by atoms with E-state index >= 15 is 0 Å². The molecule has 1 aliphatic heterocycles. The summed E-state index contributed by atoms with van der Waals surface area (Å²) < 4.78 is 8.21. The summed E-state index contributed by atoms with van der Waals surface area (Å²) in [4.78, 5) is 4.45. The van der Waals surface area contributed by atoms with Crippen molar-refractivity contribution in [2.75, 3.05) is 0 Å². The van der Waals surface area contributed by atoms with E-state index in [4.69, 9.17) is 4.74 Å². The van der Waals surface area contributed by atoms with Crippen LogP contribution >= 0.6 is 0 Å². The molecule has 0 aromatic carbocycles. The molecule has 1 aliphatic rings. The Labute approximate surface area is 116 Å². The summed E-state index contributed by atoms with van der Waals surface area (Å²) in [5.41, 5.74) is 1.37. The smallest absolute Gasteiger partial charge is 0.105 e. The number of aromatic nitrogens is 2. The van der Waals surface area contributed by atoms with E-state index in [9.17, 15) is 0 Å². The summed E-state index contributed by atoms with van der Waals surface area (Å²) in [6, 6.07) is 0. The van der Waals surface area contributed by atoms with Crippen LogP contribution in [0, 0.1) is 6.92 Å². The molecule has 0 saturated carbocycles. The minimum atomic E-state index is 0.126. The summed E-state index contributed by atoms with van der Waals surface area (Å²) in [5.74, 6) is 1.08. The zero-order chi connectivity index (χ0) is 14.0. The normalized spacial score (nSPS) is 24.1. The fraction of sp³-hybridized carbons (Fsp3) is 0.800. The molecule has 4 nitrogen and oxygen atoms in total. The van der Waals surface area contributed by atoms with Gasteiger partial charge in [0.2, 0.25) is 0 Å². The molecule has 0 amide bonds. The molecular weight excluding hydrogens is 238 g/mol. The van der Waals surface area contributed by atoms with Crippen LogP contribution < -0.4 is 5.32 Å². The summed E-state index contributed by atoms with van der Waals surface area (Å²) in [5, 5.41) is 3.52. The van der Waals surface area contributed by atoms with Gasteiger partial charge < -0.3 is 14.6 Å². The maximum atomic E-state index is 5.92. The number of hydrogen-bond donors (Lipinski definition) is 1. The van der Waals surface area contributed by atoms with Crippen LogP contribution in [-0.2, 0) is 17.8 Å². The first kappa shape index (κ1) is 14.5. The molecule has 1 fully saturated rings. The lowest BCUT2D eigenvalue weighted by Gasteiger charge is -2.22. The highest BCUT2D eigenvalue weighted by Crippen LogP contribution is 2.21. The first-order chi connectivity index (χ1) is 8.85. The molecule has 2 rings (SSSR count). The summed E-state index contributed by atoms with van der Waals surface area (Å²) >= 11 is 0. The van der Waals surface area contributed by atoms with E-state index in [1.54, 1.807) is 0 Å². The van der Waals surface area contributed by atoms with Gasteiger partial charge in [0.1, 0.15) is 5.82 Å². The van der Waals surface area contributed by atoms with Gasteiger partial charge in [-0.1, -0.05) is 0 Å². The second-order valence-electron chi connectivity index (χ2n) is 6.66. The Morgan fingerprint density at radius 1 is 1.42 bits per heavy atom. The van der Waals surface area contributed by atoms with Gasteiger partial charge in [0.05, 0.1) is 24.4 Å². The lowest BCUT2D eigenvalue weighted by atomic mass is 10.1. The van der Waals surface area contributed by atoms with Gasteiger partial charge in [-0.2, -0.15) is 0 Å². The monoisotopic (exact) mass is 265 g/mol. The van der Waals surface area contributed by atoms with Gasteiger partial charge in [0.15, 0.2) is 0 Å². The van der Waals surface area contributed by atoms with E-state index in [0.29, 0.717) is 12.2 Å². The van der Waals surface area contributed by atoms with Crippen LogP contribution in [0.1, 0.15) is 52.1 Å². The maximum Gasteiger partial charge on any atom is 0.105 e. The van der Waals surface area contributed by atoms with Crippen molar-refractivity contribution in [3.8, 4) is 0 Å². The quantitative estimate of drug-likeness (QED) is 0.909. The molecule has 108 valence electrons. The molecule has 0 aliphatic carbocycles. The third kappa shape index (κ3) is 4.05. The van der Waals surface area contributed by atoms with Crippen LogP contribution in [0.4, 0.5) is 0 Å². The Kier molecular flexibility index (Phi) is 4.31. The lowest BCUT2D eigenvalue weighted by Crippen LogP contribution is -2.36. The Balaban J connectivity index is 2.01. The SMILES string of the molecule is Cc1ncc(CNC(C)(C)C)n1CC1CCC(C)O1. The Hall–Kier alpha value is -0.870. The van der Waals surface area contributed by atoms with Crippen LogP contribution in [0.3, 0.4) is 0 Å². The molecule has 0 bridgehead atoms. The molecule has 0 spiro atoms. The second kappa shape index (κ2) is 5.63. The fourth-order valence-electron chi connectivity index (χ4n) is 2.48. The van der Waals surface area contributed by atoms with Gasteiger partial charge in [0, 0.05) is 18.3 Å². The average molecular weight is 265 g/mol. The number of rotatable bonds is 4. The fourth-order valence-corrected chi connectivity index (χ4v) is 2.48. The summed E-state index contributed by atoms with van der Waals surface area (Å²) in [7, 11) is 0. The zero-order valence-electron chi connectivity index (χ0n) is 12.9. The van der Waals surface area contributed by atoms with E-state index in [0.717, 1.165) is 25.3 Å². The van der Waals surface area contributed by atoms with Crippen LogP contribution in [0.2, 0.25) is 0 Å². The van der Waals surface area contributed by atoms with E-state index in [1.807, 2.05) is 6.20 Å². The minimum Gasteiger partial charge on any atom is -0.373 e. The van der Waals surface area contributed by atoms with E-state index < -0.39 is 0 Å². The van der Waals surface area contributed by atoms with Crippen molar-refractivity contribution in [1.82, 2.24) is 14.9 Å². The average Bonchev–Trinajstić information content (AvgIpc) is 2.85. The highest BCUT2D eigenvalue weighted by Gasteiger charge is 2.23. The molecule has 0 radical (unpaired) electrons. The molecule has 2 atom stereocenters. The molecule has 1 saturated heterocycles. The summed E-state index contributed by atoms with van der Waals surface area (Å²) in [6.07, 6.45) is 5.06. The highest BCUT2D eigenvalue weighted by molar-refractivity contribution is 5.05. The van der Waals surface area contributed by atoms with Gasteiger partial charge in [-0.05, 0) is 47.5 Å². The number of nitrogens with zero attached hydrogens (tertiary/aromatic N) is 2. The minimum absolute atomic E-state index is 0.126. The predicted octanol–water partition coefficient (Wildman–Crippen LogP) is 2.65. The molecule has 2 unspecified atom stereocenters. The Morgan fingerprint density at radius 3 is 2.74 bits per heavy atom. The topological polar surface area (TPSA) is 39.1 Å². The number of ether oxygens (including phenoxy) is 1. The first-order valence-electron chi connectivity index (χ1n) is 7.26.